The van der Waals surface area contributed by atoms with Crippen LogP contribution in [0.15, 0.2) is 0 Å². The topological polar surface area (TPSA) is 17.1 Å². The Labute approximate surface area is 101 Å². The van der Waals surface area contributed by atoms with Gasteiger partial charge in [0.1, 0.15) is 0 Å². The Balaban J connectivity index is 2.82. The van der Waals surface area contributed by atoms with Crippen molar-refractivity contribution in [3.8, 4) is 0 Å². The second-order valence-corrected chi connectivity index (χ2v) is 7.95. The van der Waals surface area contributed by atoms with Crippen molar-refractivity contribution in [1.82, 2.24) is 0 Å². The zero-order valence-corrected chi connectivity index (χ0v) is 11.2. The van der Waals surface area contributed by atoms with Gasteiger partial charge in [-0.15, -0.1) is 0 Å². The summed E-state index contributed by atoms with van der Waals surface area (Å²) in [5, 5.41) is 0. The molecule has 0 amide bonds. The Bertz CT molecular complexity index is 246. The Kier molecular flexibility index (Phi) is 3.03. The van der Waals surface area contributed by atoms with E-state index in [0.29, 0.717) is 6.42 Å². The van der Waals surface area contributed by atoms with Gasteiger partial charge >= 0.3 is 0 Å². The van der Waals surface area contributed by atoms with Crippen LogP contribution in [-0.4, -0.2) is 13.9 Å². The number of halogens is 4. The van der Waals surface area contributed by atoms with Crippen molar-refractivity contribution in [2.24, 2.45) is 5.41 Å². The van der Waals surface area contributed by atoms with Crippen molar-refractivity contribution in [2.45, 2.75) is 34.8 Å². The summed E-state index contributed by atoms with van der Waals surface area (Å²) >= 11 is 20.4. The number of Topliss-reactive ketones (excluding diaryl/α,β-unsaturated/α-hetero) is 1. The third-order valence-corrected chi connectivity index (χ3v) is 4.76. The Morgan fingerprint density at radius 2 is 1.92 bits per heavy atom. The molecule has 0 bridgehead atoms. The van der Waals surface area contributed by atoms with Gasteiger partial charge in [0, 0.05) is 12.8 Å². The maximum atomic E-state index is 11.4. The first-order valence-electron chi connectivity index (χ1n) is 3.87. The predicted octanol–water partition coefficient (Wildman–Crippen LogP) is 3.88. The van der Waals surface area contributed by atoms with Gasteiger partial charge in [0.15, 0.2) is 9.58 Å². The van der Waals surface area contributed by atoms with E-state index in [9.17, 15) is 4.79 Å². The summed E-state index contributed by atoms with van der Waals surface area (Å²) in [5.74, 6) is 0.115. The summed E-state index contributed by atoms with van der Waals surface area (Å²) in [7, 11) is 0. The van der Waals surface area contributed by atoms with E-state index in [-0.39, 0.29) is 17.6 Å². The third-order valence-electron chi connectivity index (χ3n) is 2.56. The summed E-state index contributed by atoms with van der Waals surface area (Å²) in [6.07, 6.45) is 0.759. The van der Waals surface area contributed by atoms with Gasteiger partial charge in [-0.25, -0.2) is 0 Å². The lowest BCUT2D eigenvalue weighted by atomic mass is 9.60. The maximum absolute atomic E-state index is 11.4. The van der Waals surface area contributed by atoms with Crippen LogP contribution in [0.3, 0.4) is 0 Å². The molecule has 0 aromatic heterocycles. The number of carbonyl (C=O) groups excluding carboxylic acids is 1. The van der Waals surface area contributed by atoms with Gasteiger partial charge in [-0.2, -0.15) is 0 Å². The lowest BCUT2D eigenvalue weighted by Crippen LogP contribution is -2.59. The molecule has 0 saturated heterocycles. The fourth-order valence-electron chi connectivity index (χ4n) is 1.57. The van der Waals surface area contributed by atoms with Crippen LogP contribution in [0.4, 0.5) is 0 Å². The normalized spacial score (nSPS) is 32.9. The van der Waals surface area contributed by atoms with E-state index in [1.54, 1.807) is 0 Å². The molecule has 1 unspecified atom stereocenters. The average molecular weight is 308 g/mol. The van der Waals surface area contributed by atoms with Crippen molar-refractivity contribution in [2.75, 3.05) is 0 Å². The molecule has 76 valence electrons. The number of hydrogen-bond acceptors (Lipinski definition) is 1. The molecule has 1 saturated carbocycles. The van der Waals surface area contributed by atoms with Gasteiger partial charge in [-0.3, -0.25) is 4.79 Å². The van der Waals surface area contributed by atoms with Crippen LogP contribution < -0.4 is 0 Å². The quantitative estimate of drug-likeness (QED) is 0.672. The minimum atomic E-state index is -1.38. The molecule has 0 spiro atoms. The molecule has 0 N–H and O–H groups in total. The van der Waals surface area contributed by atoms with Crippen LogP contribution in [0, 0.1) is 5.41 Å². The molecule has 0 radical (unpaired) electrons. The van der Waals surface area contributed by atoms with E-state index in [1.165, 1.54) is 0 Å². The molecular formula is C8H10BrCl3O. The van der Waals surface area contributed by atoms with Crippen molar-refractivity contribution in [1.29, 1.82) is 0 Å². The molecule has 1 aliphatic carbocycles. The monoisotopic (exact) mass is 306 g/mol. The molecule has 1 fully saturated rings. The fraction of sp³-hybridized carbons (Fsp3) is 0.875. The number of rotatable bonds is 1. The predicted molar refractivity (Wildman–Crippen MR) is 60.0 cm³/mol. The lowest BCUT2D eigenvalue weighted by Gasteiger charge is -2.51. The van der Waals surface area contributed by atoms with Crippen LogP contribution in [-0.2, 0) is 4.79 Å². The molecular weight excluding hydrogens is 298 g/mol. The second-order valence-electron chi connectivity index (χ2n) is 4.08. The molecule has 0 heterocycles. The highest BCUT2D eigenvalue weighted by molar-refractivity contribution is 9.10. The Hall–Kier alpha value is 1.02. The number of hydrogen-bond donors (Lipinski definition) is 0. The first kappa shape index (κ1) is 12.1. The Morgan fingerprint density at radius 3 is 2.08 bits per heavy atom. The van der Waals surface area contributed by atoms with Crippen molar-refractivity contribution in [3.05, 3.63) is 0 Å². The molecule has 1 rings (SSSR count). The Morgan fingerprint density at radius 1 is 1.46 bits per heavy atom. The standard InChI is InChI=1S/C8H10BrCl3O/c1-6(2)3-5(13)7(6,9)4-8(10,11)12/h3-4H2,1-2H3. The zero-order valence-electron chi connectivity index (χ0n) is 7.33. The molecule has 0 aliphatic heterocycles. The van der Waals surface area contributed by atoms with E-state index in [1.807, 2.05) is 13.8 Å². The highest BCUT2D eigenvalue weighted by Gasteiger charge is 2.60. The first-order chi connectivity index (χ1) is 5.58. The van der Waals surface area contributed by atoms with E-state index >= 15 is 0 Å². The van der Waals surface area contributed by atoms with Crippen LogP contribution in [0.1, 0.15) is 26.7 Å². The average Bonchev–Trinajstić information content (AvgIpc) is 1.82. The van der Waals surface area contributed by atoms with Crippen molar-refractivity contribution in [3.63, 3.8) is 0 Å². The zero-order chi connectivity index (χ0) is 10.5. The number of ketones is 1. The van der Waals surface area contributed by atoms with Gasteiger partial charge in [0.05, 0.1) is 4.32 Å². The summed E-state index contributed by atoms with van der Waals surface area (Å²) in [6, 6.07) is 0. The SMILES string of the molecule is CC1(C)CC(=O)C1(Br)CC(Cl)(Cl)Cl. The largest absolute Gasteiger partial charge is 0.298 e. The van der Waals surface area contributed by atoms with Crippen molar-refractivity contribution < 1.29 is 4.79 Å². The molecule has 13 heavy (non-hydrogen) atoms. The van der Waals surface area contributed by atoms with Crippen LogP contribution in [0.2, 0.25) is 0 Å². The third kappa shape index (κ3) is 2.17. The van der Waals surface area contributed by atoms with Crippen LogP contribution in [0.5, 0.6) is 0 Å². The van der Waals surface area contributed by atoms with E-state index < -0.39 is 8.12 Å². The van der Waals surface area contributed by atoms with E-state index in [0.717, 1.165) is 0 Å². The first-order valence-corrected chi connectivity index (χ1v) is 5.80. The molecule has 1 aliphatic rings. The number of alkyl halides is 4. The van der Waals surface area contributed by atoms with E-state index in [2.05, 4.69) is 15.9 Å². The van der Waals surface area contributed by atoms with Gasteiger partial charge in [-0.1, -0.05) is 64.6 Å². The summed E-state index contributed by atoms with van der Waals surface area (Å²) in [6.45, 7) is 3.97. The minimum absolute atomic E-state index is 0.115. The van der Waals surface area contributed by atoms with E-state index in [4.69, 9.17) is 34.8 Å². The minimum Gasteiger partial charge on any atom is -0.298 e. The fourth-order valence-corrected chi connectivity index (χ4v) is 3.35. The number of carbonyl (C=O) groups is 1. The maximum Gasteiger partial charge on any atom is 0.192 e. The summed E-state index contributed by atoms with van der Waals surface area (Å²) in [4.78, 5) is 11.4. The van der Waals surface area contributed by atoms with Crippen LogP contribution >= 0.6 is 50.7 Å². The highest BCUT2D eigenvalue weighted by Crippen LogP contribution is 2.58. The molecule has 1 atom stereocenters. The second kappa shape index (κ2) is 3.26. The van der Waals surface area contributed by atoms with Gasteiger partial charge in [-0.05, 0) is 5.41 Å². The molecule has 0 aromatic rings. The van der Waals surface area contributed by atoms with Gasteiger partial charge in [0.25, 0.3) is 0 Å². The summed E-state index contributed by atoms with van der Waals surface area (Å²) < 4.78 is -2.04. The van der Waals surface area contributed by atoms with Gasteiger partial charge < -0.3 is 0 Å². The van der Waals surface area contributed by atoms with Gasteiger partial charge in [0.2, 0.25) is 0 Å². The van der Waals surface area contributed by atoms with Crippen molar-refractivity contribution >= 4 is 56.5 Å². The highest BCUT2D eigenvalue weighted by atomic mass is 79.9. The lowest BCUT2D eigenvalue weighted by molar-refractivity contribution is -0.136. The smallest absolute Gasteiger partial charge is 0.192 e. The van der Waals surface area contributed by atoms with Crippen LogP contribution in [0.25, 0.3) is 0 Å². The summed E-state index contributed by atoms with van der Waals surface area (Å²) in [5.41, 5.74) is -0.131. The molecule has 0 aromatic carbocycles. The molecule has 5 heteroatoms. The molecule has 1 nitrogen and oxygen atoms in total.